The fraction of sp³-hybridized carbons (Fsp3) is 0.350. The second kappa shape index (κ2) is 8.20. The van der Waals surface area contributed by atoms with Gasteiger partial charge in [0.1, 0.15) is 23.7 Å². The van der Waals surface area contributed by atoms with Crippen molar-refractivity contribution in [2.75, 3.05) is 26.2 Å². The molecule has 2 aromatic carbocycles. The van der Waals surface area contributed by atoms with Crippen LogP contribution in [0.2, 0.25) is 0 Å². The molecule has 1 aliphatic rings. The van der Waals surface area contributed by atoms with Crippen LogP contribution in [0.15, 0.2) is 48.5 Å². The first-order valence-electron chi connectivity index (χ1n) is 8.77. The van der Waals surface area contributed by atoms with Crippen molar-refractivity contribution in [2.24, 2.45) is 0 Å². The predicted octanol–water partition coefficient (Wildman–Crippen LogP) is 3.28. The van der Waals surface area contributed by atoms with Crippen molar-refractivity contribution in [2.45, 2.75) is 24.4 Å². The van der Waals surface area contributed by atoms with Gasteiger partial charge in [-0.15, -0.1) is 0 Å². The van der Waals surface area contributed by atoms with Gasteiger partial charge in [-0.2, -0.15) is 13.2 Å². The van der Waals surface area contributed by atoms with E-state index in [2.05, 4.69) is 10.1 Å². The number of alkyl halides is 3. The van der Waals surface area contributed by atoms with E-state index in [0.29, 0.717) is 17.1 Å². The Balaban J connectivity index is 2.17. The Bertz CT molecular complexity index is 858. The van der Waals surface area contributed by atoms with Crippen LogP contribution in [0.4, 0.5) is 18.9 Å². The van der Waals surface area contributed by atoms with Crippen LogP contribution in [0.1, 0.15) is 11.7 Å². The summed E-state index contributed by atoms with van der Waals surface area (Å²) < 4.78 is 57.4. The molecular weight excluding hydrogens is 389 g/mol. The van der Waals surface area contributed by atoms with Gasteiger partial charge in [0.25, 0.3) is 0 Å². The Labute approximate surface area is 166 Å². The minimum atomic E-state index is -4.71. The topological polar surface area (TPSA) is 60.0 Å². The molecule has 1 saturated heterocycles. The first kappa shape index (κ1) is 20.8. The maximum atomic E-state index is 14.1. The molecule has 0 saturated carbocycles. The quantitative estimate of drug-likeness (QED) is 0.764. The minimum absolute atomic E-state index is 0.267. The van der Waals surface area contributed by atoms with E-state index in [9.17, 15) is 18.0 Å². The van der Waals surface area contributed by atoms with Crippen LogP contribution in [0, 0.1) is 0 Å². The van der Waals surface area contributed by atoms with Gasteiger partial charge in [-0.1, -0.05) is 18.2 Å². The number of ether oxygens (including phenoxy) is 3. The third-order valence-electron chi connectivity index (χ3n) is 4.83. The SMILES string of the molecule is COC(=O)[C@@H]1N[C@@H](c2ccccc2OC)N(c2ccc(OC)cc2)[C@H]1C(F)(F)F. The first-order valence-corrected chi connectivity index (χ1v) is 8.77. The monoisotopic (exact) mass is 410 g/mol. The molecule has 3 atom stereocenters. The summed E-state index contributed by atoms with van der Waals surface area (Å²) in [4.78, 5) is 13.3. The van der Waals surface area contributed by atoms with E-state index in [1.165, 1.54) is 26.4 Å². The molecule has 0 radical (unpaired) electrons. The maximum Gasteiger partial charge on any atom is 0.410 e. The van der Waals surface area contributed by atoms with Crippen LogP contribution < -0.4 is 19.7 Å². The molecule has 1 N–H and O–H groups in total. The average Bonchev–Trinajstić information content (AvgIpc) is 3.14. The lowest BCUT2D eigenvalue weighted by Gasteiger charge is -2.33. The number of halogens is 3. The standard InChI is InChI=1S/C20H21F3N2O4/c1-27-13-10-8-12(9-11-13)25-17(20(21,22)23)16(19(26)29-3)24-18(25)14-6-4-5-7-15(14)28-2/h4-11,16-18,24H,1-3H3/t16-,17-,18-/m1/s1. The van der Waals surface area contributed by atoms with E-state index in [4.69, 9.17) is 9.47 Å². The van der Waals surface area contributed by atoms with Gasteiger partial charge >= 0.3 is 12.1 Å². The van der Waals surface area contributed by atoms with E-state index in [1.807, 2.05) is 0 Å². The van der Waals surface area contributed by atoms with Crippen LogP contribution in [0.3, 0.4) is 0 Å². The van der Waals surface area contributed by atoms with E-state index < -0.39 is 30.4 Å². The zero-order valence-electron chi connectivity index (χ0n) is 16.1. The summed E-state index contributed by atoms with van der Waals surface area (Å²) in [7, 11) is 3.96. The molecule has 156 valence electrons. The number of esters is 1. The molecule has 9 heteroatoms. The molecule has 0 unspecified atom stereocenters. The second-order valence-corrected chi connectivity index (χ2v) is 6.40. The second-order valence-electron chi connectivity index (χ2n) is 6.40. The van der Waals surface area contributed by atoms with Crippen LogP contribution in [0.25, 0.3) is 0 Å². The molecule has 0 spiro atoms. The van der Waals surface area contributed by atoms with E-state index in [0.717, 1.165) is 12.0 Å². The zero-order valence-corrected chi connectivity index (χ0v) is 16.1. The van der Waals surface area contributed by atoms with Crippen molar-refractivity contribution in [1.82, 2.24) is 5.32 Å². The van der Waals surface area contributed by atoms with Crippen LogP contribution in [-0.2, 0) is 9.53 Å². The molecule has 0 aromatic heterocycles. The Morgan fingerprint density at radius 3 is 2.21 bits per heavy atom. The fourth-order valence-electron chi connectivity index (χ4n) is 3.53. The molecule has 3 rings (SSSR count). The molecule has 6 nitrogen and oxygen atoms in total. The zero-order chi connectivity index (χ0) is 21.2. The van der Waals surface area contributed by atoms with E-state index in [1.54, 1.807) is 36.4 Å². The number of carbonyl (C=O) groups is 1. The van der Waals surface area contributed by atoms with Gasteiger partial charge in [0, 0.05) is 11.3 Å². The van der Waals surface area contributed by atoms with Crippen molar-refractivity contribution in [3.63, 3.8) is 0 Å². The number of rotatable bonds is 5. The smallest absolute Gasteiger partial charge is 0.410 e. The number of anilines is 1. The Morgan fingerprint density at radius 2 is 1.66 bits per heavy atom. The molecule has 2 aromatic rings. The van der Waals surface area contributed by atoms with Gasteiger partial charge < -0.3 is 19.1 Å². The van der Waals surface area contributed by atoms with Gasteiger partial charge in [0.2, 0.25) is 0 Å². The summed E-state index contributed by atoms with van der Waals surface area (Å²) in [6.07, 6.45) is -5.68. The molecule has 29 heavy (non-hydrogen) atoms. The Morgan fingerprint density at radius 1 is 1.00 bits per heavy atom. The molecule has 1 fully saturated rings. The number of methoxy groups -OCH3 is 3. The molecule has 1 heterocycles. The van der Waals surface area contributed by atoms with Gasteiger partial charge in [0.15, 0.2) is 6.04 Å². The van der Waals surface area contributed by atoms with Crippen LogP contribution in [0.5, 0.6) is 11.5 Å². The highest BCUT2D eigenvalue weighted by Gasteiger charge is 2.58. The third-order valence-corrected chi connectivity index (χ3v) is 4.83. The number of carbonyl (C=O) groups excluding carboxylic acids is 1. The number of nitrogens with zero attached hydrogens (tertiary/aromatic N) is 1. The summed E-state index contributed by atoms with van der Waals surface area (Å²) in [6.45, 7) is 0. The fourth-order valence-corrected chi connectivity index (χ4v) is 3.53. The van der Waals surface area contributed by atoms with Crippen molar-refractivity contribution < 1.29 is 32.2 Å². The summed E-state index contributed by atoms with van der Waals surface area (Å²) in [5.41, 5.74) is 0.731. The minimum Gasteiger partial charge on any atom is -0.497 e. The summed E-state index contributed by atoms with van der Waals surface area (Å²) >= 11 is 0. The van der Waals surface area contributed by atoms with Crippen LogP contribution >= 0.6 is 0 Å². The van der Waals surface area contributed by atoms with Crippen molar-refractivity contribution >= 4 is 11.7 Å². The summed E-state index contributed by atoms with van der Waals surface area (Å²) in [6, 6.07) is 9.12. The lowest BCUT2D eigenvalue weighted by molar-refractivity contribution is -0.164. The number of hydrogen-bond donors (Lipinski definition) is 1. The largest absolute Gasteiger partial charge is 0.497 e. The van der Waals surface area contributed by atoms with E-state index >= 15 is 0 Å². The maximum absolute atomic E-state index is 14.1. The lowest BCUT2D eigenvalue weighted by Crippen LogP contribution is -2.51. The predicted molar refractivity (Wildman–Crippen MR) is 100.0 cm³/mol. The summed E-state index contributed by atoms with van der Waals surface area (Å²) in [5, 5.41) is 2.79. The number of para-hydroxylation sites is 1. The highest BCUT2D eigenvalue weighted by Crippen LogP contribution is 2.43. The third kappa shape index (κ3) is 3.95. The van der Waals surface area contributed by atoms with Crippen molar-refractivity contribution in [3.05, 3.63) is 54.1 Å². The Hall–Kier alpha value is -2.94. The number of benzene rings is 2. The molecule has 0 aliphatic carbocycles. The van der Waals surface area contributed by atoms with Gasteiger partial charge in [-0.05, 0) is 30.3 Å². The summed E-state index contributed by atoms with van der Waals surface area (Å²) in [5.74, 6) is -0.0963. The van der Waals surface area contributed by atoms with Crippen molar-refractivity contribution in [1.29, 1.82) is 0 Å². The van der Waals surface area contributed by atoms with Gasteiger partial charge in [0.05, 0.1) is 21.3 Å². The number of hydrogen-bond acceptors (Lipinski definition) is 6. The van der Waals surface area contributed by atoms with Crippen LogP contribution in [-0.4, -0.2) is 45.6 Å². The van der Waals surface area contributed by atoms with E-state index in [-0.39, 0.29) is 5.69 Å². The molecular formula is C20H21F3N2O4. The first-order chi connectivity index (χ1) is 13.8. The Kier molecular flexibility index (Phi) is 5.88. The van der Waals surface area contributed by atoms with Crippen molar-refractivity contribution in [3.8, 4) is 11.5 Å². The lowest BCUT2D eigenvalue weighted by atomic mass is 10.1. The highest BCUT2D eigenvalue weighted by atomic mass is 19.4. The van der Waals surface area contributed by atoms with Gasteiger partial charge in [-0.25, -0.2) is 0 Å². The normalized spacial score (nSPS) is 21.7. The molecule has 1 aliphatic heterocycles. The number of nitrogens with one attached hydrogen (secondary N) is 1. The highest BCUT2D eigenvalue weighted by molar-refractivity contribution is 5.79. The molecule has 0 amide bonds. The van der Waals surface area contributed by atoms with Gasteiger partial charge in [-0.3, -0.25) is 10.1 Å². The average molecular weight is 410 g/mol. The molecule has 0 bridgehead atoms.